The highest BCUT2D eigenvalue weighted by molar-refractivity contribution is 6.43. The van der Waals surface area contributed by atoms with E-state index in [1.165, 1.54) is 0 Å². The van der Waals surface area contributed by atoms with Gasteiger partial charge >= 0.3 is 0 Å². The van der Waals surface area contributed by atoms with E-state index in [1.807, 2.05) is 31.2 Å². The van der Waals surface area contributed by atoms with Gasteiger partial charge in [-0.05, 0) is 38.4 Å². The molecule has 2 heterocycles. The molecule has 1 spiro atoms. The van der Waals surface area contributed by atoms with Crippen molar-refractivity contribution in [3.05, 3.63) is 29.8 Å². The first kappa shape index (κ1) is 13.1. The van der Waals surface area contributed by atoms with Crippen LogP contribution in [0.25, 0.3) is 0 Å². The molecule has 2 aliphatic rings. The van der Waals surface area contributed by atoms with Crippen LogP contribution in [0.2, 0.25) is 0 Å². The fourth-order valence-corrected chi connectivity index (χ4v) is 2.65. The zero-order chi connectivity index (χ0) is 14.0. The van der Waals surface area contributed by atoms with Gasteiger partial charge in [-0.25, -0.2) is 0 Å². The number of rotatable bonds is 2. The van der Waals surface area contributed by atoms with Gasteiger partial charge in [0, 0.05) is 18.7 Å². The zero-order valence-corrected chi connectivity index (χ0v) is 11.6. The molecule has 1 fully saturated rings. The summed E-state index contributed by atoms with van der Waals surface area (Å²) in [6.45, 7) is 3.79. The van der Waals surface area contributed by atoms with Crippen LogP contribution in [0.1, 0.15) is 24.8 Å². The van der Waals surface area contributed by atoms with Crippen molar-refractivity contribution in [2.75, 3.05) is 18.4 Å². The zero-order valence-electron chi connectivity index (χ0n) is 11.6. The van der Waals surface area contributed by atoms with Gasteiger partial charge in [-0.1, -0.05) is 22.9 Å². The SMILES string of the molecule is Cc1ccc(NC(=O)C2=NO[C@]3(CCCNC3)C2)cc1. The topological polar surface area (TPSA) is 62.7 Å². The highest BCUT2D eigenvalue weighted by atomic mass is 16.7. The smallest absolute Gasteiger partial charge is 0.273 e. The number of hydrogen-bond donors (Lipinski definition) is 2. The van der Waals surface area contributed by atoms with E-state index < -0.39 is 0 Å². The normalized spacial score (nSPS) is 25.1. The Morgan fingerprint density at radius 1 is 1.40 bits per heavy atom. The fourth-order valence-electron chi connectivity index (χ4n) is 2.65. The second-order valence-corrected chi connectivity index (χ2v) is 5.59. The second kappa shape index (κ2) is 5.25. The molecule has 0 bridgehead atoms. The number of aryl methyl sites for hydroxylation is 1. The molecule has 0 aliphatic carbocycles. The second-order valence-electron chi connectivity index (χ2n) is 5.59. The molecule has 1 saturated heterocycles. The molecule has 0 aromatic heterocycles. The van der Waals surface area contributed by atoms with E-state index in [0.29, 0.717) is 12.1 Å². The van der Waals surface area contributed by atoms with Gasteiger partial charge in [-0.2, -0.15) is 0 Å². The molecule has 0 unspecified atom stereocenters. The summed E-state index contributed by atoms with van der Waals surface area (Å²) in [5.41, 5.74) is 2.12. The van der Waals surface area contributed by atoms with Gasteiger partial charge in [-0.3, -0.25) is 4.79 Å². The number of anilines is 1. The summed E-state index contributed by atoms with van der Waals surface area (Å²) in [6.07, 6.45) is 2.59. The number of amides is 1. The Labute approximate surface area is 118 Å². The van der Waals surface area contributed by atoms with Crippen molar-refractivity contribution in [1.29, 1.82) is 0 Å². The minimum Gasteiger partial charge on any atom is -0.387 e. The van der Waals surface area contributed by atoms with Gasteiger partial charge in [0.1, 0.15) is 5.71 Å². The maximum Gasteiger partial charge on any atom is 0.273 e. The number of carbonyl (C=O) groups is 1. The molecule has 2 N–H and O–H groups in total. The number of piperidine rings is 1. The van der Waals surface area contributed by atoms with E-state index in [-0.39, 0.29) is 11.5 Å². The number of benzene rings is 1. The molecule has 5 heteroatoms. The standard InChI is InChI=1S/C15H19N3O2/c1-11-3-5-12(6-4-11)17-14(19)13-9-15(20-18-13)7-2-8-16-10-15/h3-6,16H,2,7-10H2,1H3,(H,17,19)/t15-/m1/s1. The lowest BCUT2D eigenvalue weighted by molar-refractivity contribution is -0.110. The number of nitrogens with zero attached hydrogens (tertiary/aromatic N) is 1. The molecule has 1 amide bonds. The molecule has 1 aromatic carbocycles. The number of carbonyl (C=O) groups excluding carboxylic acids is 1. The van der Waals surface area contributed by atoms with E-state index in [4.69, 9.17) is 4.84 Å². The summed E-state index contributed by atoms with van der Waals surface area (Å²) in [4.78, 5) is 17.7. The number of hydrogen-bond acceptors (Lipinski definition) is 4. The average molecular weight is 273 g/mol. The lowest BCUT2D eigenvalue weighted by Crippen LogP contribution is -2.46. The van der Waals surface area contributed by atoms with Crippen LogP contribution in [0.3, 0.4) is 0 Å². The third-order valence-electron chi connectivity index (χ3n) is 3.84. The first-order valence-electron chi connectivity index (χ1n) is 7.01. The molecule has 0 saturated carbocycles. The Kier molecular flexibility index (Phi) is 3.44. The first-order valence-corrected chi connectivity index (χ1v) is 7.01. The van der Waals surface area contributed by atoms with Crippen LogP contribution in [0.5, 0.6) is 0 Å². The van der Waals surface area contributed by atoms with Crippen LogP contribution >= 0.6 is 0 Å². The average Bonchev–Trinajstić information content (AvgIpc) is 2.86. The molecule has 1 atom stereocenters. The largest absolute Gasteiger partial charge is 0.387 e. The predicted molar refractivity (Wildman–Crippen MR) is 77.8 cm³/mol. The van der Waals surface area contributed by atoms with Crippen molar-refractivity contribution < 1.29 is 9.63 Å². The van der Waals surface area contributed by atoms with Crippen molar-refractivity contribution >= 4 is 17.3 Å². The summed E-state index contributed by atoms with van der Waals surface area (Å²) in [5.74, 6) is -0.170. The molecule has 1 aromatic rings. The Bertz CT molecular complexity index is 531. The minimum atomic E-state index is -0.307. The van der Waals surface area contributed by atoms with Crippen LogP contribution in [0.4, 0.5) is 5.69 Å². The summed E-state index contributed by atoms with van der Waals surface area (Å²) in [5, 5.41) is 10.2. The summed E-state index contributed by atoms with van der Waals surface area (Å²) in [7, 11) is 0. The quantitative estimate of drug-likeness (QED) is 0.864. The van der Waals surface area contributed by atoms with Crippen LogP contribution < -0.4 is 10.6 Å². The fraction of sp³-hybridized carbons (Fsp3) is 0.467. The summed E-state index contributed by atoms with van der Waals surface area (Å²) < 4.78 is 0. The summed E-state index contributed by atoms with van der Waals surface area (Å²) >= 11 is 0. The van der Waals surface area contributed by atoms with Gasteiger partial charge in [0.05, 0.1) is 0 Å². The van der Waals surface area contributed by atoms with E-state index in [2.05, 4.69) is 15.8 Å². The van der Waals surface area contributed by atoms with Crippen LogP contribution in [-0.2, 0) is 9.63 Å². The molecule has 20 heavy (non-hydrogen) atoms. The highest BCUT2D eigenvalue weighted by Crippen LogP contribution is 2.30. The predicted octanol–water partition coefficient (Wildman–Crippen LogP) is 1.83. The van der Waals surface area contributed by atoms with Crippen LogP contribution in [0.15, 0.2) is 29.4 Å². The number of oxime groups is 1. The number of nitrogens with one attached hydrogen (secondary N) is 2. The van der Waals surface area contributed by atoms with Crippen LogP contribution in [-0.4, -0.2) is 30.3 Å². The summed E-state index contributed by atoms with van der Waals surface area (Å²) in [6, 6.07) is 7.72. The van der Waals surface area contributed by atoms with Crippen molar-refractivity contribution in [3.63, 3.8) is 0 Å². The maximum atomic E-state index is 12.2. The molecule has 3 rings (SSSR count). The van der Waals surface area contributed by atoms with E-state index in [1.54, 1.807) is 0 Å². The molecule has 5 nitrogen and oxygen atoms in total. The van der Waals surface area contributed by atoms with Gasteiger partial charge < -0.3 is 15.5 Å². The van der Waals surface area contributed by atoms with E-state index in [0.717, 1.165) is 37.2 Å². The first-order chi connectivity index (χ1) is 9.67. The molecule has 0 radical (unpaired) electrons. The van der Waals surface area contributed by atoms with Gasteiger partial charge in [0.25, 0.3) is 5.91 Å². The lowest BCUT2D eigenvalue weighted by atomic mass is 9.89. The van der Waals surface area contributed by atoms with Crippen molar-refractivity contribution in [3.8, 4) is 0 Å². The van der Waals surface area contributed by atoms with Crippen LogP contribution in [0, 0.1) is 6.92 Å². The molecule has 2 aliphatic heterocycles. The third-order valence-corrected chi connectivity index (χ3v) is 3.84. The Hall–Kier alpha value is -1.88. The molecular formula is C15H19N3O2. The highest BCUT2D eigenvalue weighted by Gasteiger charge is 2.42. The maximum absolute atomic E-state index is 12.2. The Balaban J connectivity index is 1.62. The van der Waals surface area contributed by atoms with Crippen molar-refractivity contribution in [2.24, 2.45) is 5.16 Å². The molecular weight excluding hydrogens is 254 g/mol. The van der Waals surface area contributed by atoms with Gasteiger partial charge in [-0.15, -0.1) is 0 Å². The Morgan fingerprint density at radius 2 is 2.20 bits per heavy atom. The van der Waals surface area contributed by atoms with Crippen molar-refractivity contribution in [1.82, 2.24) is 5.32 Å². The van der Waals surface area contributed by atoms with Gasteiger partial charge in [0.2, 0.25) is 0 Å². The Morgan fingerprint density at radius 3 is 2.90 bits per heavy atom. The van der Waals surface area contributed by atoms with Gasteiger partial charge in [0.15, 0.2) is 5.60 Å². The monoisotopic (exact) mass is 273 g/mol. The third kappa shape index (κ3) is 2.67. The minimum absolute atomic E-state index is 0.170. The molecule has 106 valence electrons. The van der Waals surface area contributed by atoms with Crippen molar-refractivity contribution in [2.45, 2.75) is 31.8 Å². The lowest BCUT2D eigenvalue weighted by Gasteiger charge is -2.30. The van der Waals surface area contributed by atoms with E-state index in [9.17, 15) is 4.79 Å². The van der Waals surface area contributed by atoms with E-state index >= 15 is 0 Å².